The standard InChI is InChI=1S/C24H20F2N6O/c1-33-14-15-5-7-16(8-6-15)20-10-9-17(30-31-20)12-32-13-22-21(11-27-32)28-24(29-22)18-3-2-4-19(25)23(18)26/h2-11H,12-14H2,1H3,(H,28,29). The Morgan fingerprint density at radius 3 is 2.64 bits per heavy atom. The van der Waals surface area contributed by atoms with Gasteiger partial charge >= 0.3 is 0 Å². The maximum absolute atomic E-state index is 14.1. The van der Waals surface area contributed by atoms with Gasteiger partial charge in [-0.25, -0.2) is 13.8 Å². The van der Waals surface area contributed by atoms with Crippen LogP contribution in [0.3, 0.4) is 0 Å². The molecule has 1 aliphatic heterocycles. The zero-order valence-corrected chi connectivity index (χ0v) is 17.8. The molecule has 1 aliphatic rings. The molecule has 0 fully saturated rings. The molecule has 0 aliphatic carbocycles. The first-order valence-electron chi connectivity index (χ1n) is 10.3. The number of halogens is 2. The highest BCUT2D eigenvalue weighted by molar-refractivity contribution is 5.80. The molecule has 0 spiro atoms. The first-order chi connectivity index (χ1) is 16.1. The van der Waals surface area contributed by atoms with Crippen LogP contribution >= 0.6 is 0 Å². The predicted octanol–water partition coefficient (Wildman–Crippen LogP) is 4.31. The Kier molecular flexibility index (Phi) is 5.62. The molecule has 0 saturated heterocycles. The smallest absolute Gasteiger partial charge is 0.169 e. The zero-order chi connectivity index (χ0) is 22.8. The van der Waals surface area contributed by atoms with Crippen LogP contribution in [0.25, 0.3) is 22.6 Å². The molecule has 3 heterocycles. The molecule has 0 bridgehead atoms. The number of imidazole rings is 1. The number of hydrogen-bond acceptors (Lipinski definition) is 6. The highest BCUT2D eigenvalue weighted by atomic mass is 19.2. The fourth-order valence-electron chi connectivity index (χ4n) is 3.64. The van der Waals surface area contributed by atoms with Crippen LogP contribution < -0.4 is 0 Å². The summed E-state index contributed by atoms with van der Waals surface area (Å²) in [6.45, 7) is 1.41. The topological polar surface area (TPSA) is 79.3 Å². The van der Waals surface area contributed by atoms with E-state index >= 15 is 0 Å². The second kappa shape index (κ2) is 8.87. The monoisotopic (exact) mass is 446 g/mol. The van der Waals surface area contributed by atoms with Gasteiger partial charge in [-0.1, -0.05) is 30.3 Å². The van der Waals surface area contributed by atoms with Crippen molar-refractivity contribution in [1.82, 2.24) is 25.2 Å². The third-order valence-corrected chi connectivity index (χ3v) is 5.32. The minimum Gasteiger partial charge on any atom is -0.380 e. The summed E-state index contributed by atoms with van der Waals surface area (Å²) in [5.74, 6) is -1.57. The van der Waals surface area contributed by atoms with Gasteiger partial charge in [0, 0.05) is 12.7 Å². The van der Waals surface area contributed by atoms with E-state index in [1.54, 1.807) is 18.3 Å². The van der Waals surface area contributed by atoms with Crippen molar-refractivity contribution in [3.05, 3.63) is 88.9 Å². The molecule has 2 aromatic heterocycles. The maximum atomic E-state index is 14.1. The van der Waals surface area contributed by atoms with E-state index in [1.807, 2.05) is 36.4 Å². The Bertz CT molecular complexity index is 1300. The number of benzene rings is 2. The van der Waals surface area contributed by atoms with Crippen LogP contribution in [0.2, 0.25) is 0 Å². The molecule has 2 aromatic carbocycles. The van der Waals surface area contributed by atoms with E-state index < -0.39 is 11.6 Å². The number of H-pyrrole nitrogens is 1. The number of hydrazone groups is 1. The summed E-state index contributed by atoms with van der Waals surface area (Å²) in [5.41, 5.74) is 5.05. The largest absolute Gasteiger partial charge is 0.380 e. The normalized spacial score (nSPS) is 12.8. The number of aromatic nitrogens is 4. The second-order valence-electron chi connectivity index (χ2n) is 7.65. The number of hydrogen-bond donors (Lipinski definition) is 1. The van der Waals surface area contributed by atoms with Crippen LogP contribution in [-0.4, -0.2) is 38.5 Å². The van der Waals surface area contributed by atoms with Crippen LogP contribution in [0.1, 0.15) is 22.6 Å². The van der Waals surface area contributed by atoms with Crippen LogP contribution in [0, 0.1) is 11.6 Å². The van der Waals surface area contributed by atoms with Gasteiger partial charge in [0.2, 0.25) is 0 Å². The van der Waals surface area contributed by atoms with Crippen molar-refractivity contribution in [3.8, 4) is 22.6 Å². The number of fused-ring (bicyclic) bond motifs is 1. The van der Waals surface area contributed by atoms with Gasteiger partial charge in [0.25, 0.3) is 0 Å². The average molecular weight is 446 g/mol. The van der Waals surface area contributed by atoms with Crippen LogP contribution in [0.5, 0.6) is 0 Å². The van der Waals surface area contributed by atoms with Crippen molar-refractivity contribution in [2.75, 3.05) is 7.11 Å². The number of ether oxygens (including phenoxy) is 1. The number of nitrogens with one attached hydrogen (secondary N) is 1. The number of aromatic amines is 1. The lowest BCUT2D eigenvalue weighted by molar-refractivity contribution is 0.185. The Morgan fingerprint density at radius 1 is 1.03 bits per heavy atom. The Hall–Kier alpha value is -3.98. The fourth-order valence-corrected chi connectivity index (χ4v) is 3.64. The second-order valence-corrected chi connectivity index (χ2v) is 7.65. The summed E-state index contributed by atoms with van der Waals surface area (Å²) in [6, 6.07) is 15.8. The van der Waals surface area contributed by atoms with E-state index in [0.29, 0.717) is 31.1 Å². The van der Waals surface area contributed by atoms with Gasteiger partial charge in [0.05, 0.1) is 54.3 Å². The molecule has 33 heavy (non-hydrogen) atoms. The van der Waals surface area contributed by atoms with Crippen molar-refractivity contribution in [2.45, 2.75) is 19.7 Å². The Balaban J connectivity index is 1.27. The fraction of sp³-hybridized carbons (Fsp3) is 0.167. The lowest BCUT2D eigenvalue weighted by Gasteiger charge is -2.20. The molecule has 0 radical (unpaired) electrons. The van der Waals surface area contributed by atoms with Crippen molar-refractivity contribution in [1.29, 1.82) is 0 Å². The van der Waals surface area contributed by atoms with E-state index in [1.165, 1.54) is 12.1 Å². The van der Waals surface area contributed by atoms with Gasteiger partial charge in [-0.15, -0.1) is 0 Å². The van der Waals surface area contributed by atoms with E-state index in [9.17, 15) is 8.78 Å². The predicted molar refractivity (Wildman–Crippen MR) is 119 cm³/mol. The molecular formula is C24H20F2N6O. The molecule has 166 valence electrons. The van der Waals surface area contributed by atoms with Crippen molar-refractivity contribution >= 4 is 6.21 Å². The minimum absolute atomic E-state index is 0.0843. The zero-order valence-electron chi connectivity index (χ0n) is 17.8. The van der Waals surface area contributed by atoms with E-state index in [4.69, 9.17) is 4.74 Å². The third kappa shape index (κ3) is 4.35. The van der Waals surface area contributed by atoms with Gasteiger partial charge in [0.1, 0.15) is 5.82 Å². The van der Waals surface area contributed by atoms with Gasteiger partial charge in [0.15, 0.2) is 11.6 Å². The SMILES string of the molecule is COCc1ccc(-c2ccc(CN3Cc4nc(-c5cccc(F)c5F)[nH]c4C=N3)nn2)cc1. The highest BCUT2D eigenvalue weighted by Crippen LogP contribution is 2.25. The van der Waals surface area contributed by atoms with Gasteiger partial charge in [-0.05, 0) is 29.8 Å². The summed E-state index contributed by atoms with van der Waals surface area (Å²) in [4.78, 5) is 7.46. The molecule has 0 saturated carbocycles. The first kappa shape index (κ1) is 20.9. The first-order valence-corrected chi connectivity index (χ1v) is 10.3. The molecule has 5 rings (SSSR count). The summed E-state index contributed by atoms with van der Waals surface area (Å²) in [6.07, 6.45) is 1.62. The number of methoxy groups -OCH3 is 1. The third-order valence-electron chi connectivity index (χ3n) is 5.32. The van der Waals surface area contributed by atoms with Crippen molar-refractivity contribution in [2.24, 2.45) is 5.10 Å². The molecule has 0 atom stereocenters. The molecule has 7 nitrogen and oxygen atoms in total. The molecule has 0 unspecified atom stereocenters. The Morgan fingerprint density at radius 2 is 1.88 bits per heavy atom. The van der Waals surface area contributed by atoms with E-state index in [-0.39, 0.29) is 11.4 Å². The van der Waals surface area contributed by atoms with Crippen molar-refractivity contribution in [3.63, 3.8) is 0 Å². The molecule has 0 amide bonds. The Labute approximate surface area is 188 Å². The molecular weight excluding hydrogens is 426 g/mol. The average Bonchev–Trinajstić information content (AvgIpc) is 3.25. The van der Waals surface area contributed by atoms with Crippen LogP contribution in [-0.2, 0) is 24.4 Å². The molecule has 1 N–H and O–H groups in total. The van der Waals surface area contributed by atoms with Gasteiger partial charge < -0.3 is 9.72 Å². The summed E-state index contributed by atoms with van der Waals surface area (Å²) in [7, 11) is 1.67. The van der Waals surface area contributed by atoms with Crippen LogP contribution in [0.4, 0.5) is 8.78 Å². The van der Waals surface area contributed by atoms with E-state index in [0.717, 1.165) is 28.6 Å². The summed E-state index contributed by atoms with van der Waals surface area (Å²) in [5, 5.41) is 14.9. The quantitative estimate of drug-likeness (QED) is 0.478. The van der Waals surface area contributed by atoms with Crippen molar-refractivity contribution < 1.29 is 13.5 Å². The molecule has 9 heteroatoms. The number of rotatable bonds is 6. The summed E-state index contributed by atoms with van der Waals surface area (Å²) >= 11 is 0. The maximum Gasteiger partial charge on any atom is 0.169 e. The van der Waals surface area contributed by atoms with Crippen LogP contribution in [0.15, 0.2) is 59.7 Å². The van der Waals surface area contributed by atoms with Gasteiger partial charge in [-0.2, -0.15) is 15.3 Å². The lowest BCUT2D eigenvalue weighted by Crippen LogP contribution is -2.22. The highest BCUT2D eigenvalue weighted by Gasteiger charge is 2.20. The lowest BCUT2D eigenvalue weighted by atomic mass is 10.1. The van der Waals surface area contributed by atoms with Gasteiger partial charge in [-0.3, -0.25) is 5.01 Å². The van der Waals surface area contributed by atoms with E-state index in [2.05, 4.69) is 25.3 Å². The minimum atomic E-state index is -0.930. The molecule has 4 aromatic rings. The summed E-state index contributed by atoms with van der Waals surface area (Å²) < 4.78 is 32.8. The number of nitrogens with zero attached hydrogens (tertiary/aromatic N) is 5.